The number of rotatable bonds is 6. The highest BCUT2D eigenvalue weighted by atomic mass is 16.6. The number of nitrogens with two attached hydrogens (primary N) is 1. The second kappa shape index (κ2) is 8.32. The molecule has 0 aromatic carbocycles. The minimum absolute atomic E-state index is 0.162. The van der Waals surface area contributed by atoms with Crippen molar-refractivity contribution >= 4 is 6.09 Å². The first kappa shape index (κ1) is 15.2. The number of amides is 1. The van der Waals surface area contributed by atoms with Crippen LogP contribution in [0.4, 0.5) is 4.79 Å². The molecule has 0 atom stereocenters. The first-order valence-electron chi connectivity index (χ1n) is 6.97. The van der Waals surface area contributed by atoms with Crippen molar-refractivity contribution in [3.63, 3.8) is 0 Å². The Morgan fingerprint density at radius 3 is 2.44 bits per heavy atom. The Labute approximate surface area is 110 Å². The van der Waals surface area contributed by atoms with Crippen LogP contribution in [0.5, 0.6) is 0 Å². The third-order valence-corrected chi connectivity index (χ3v) is 3.10. The van der Waals surface area contributed by atoms with Crippen LogP contribution in [0.15, 0.2) is 0 Å². The van der Waals surface area contributed by atoms with E-state index < -0.39 is 0 Å². The number of hydrogen-bond acceptors (Lipinski definition) is 4. The Balaban J connectivity index is 2.16. The topological polar surface area (TPSA) is 58.8 Å². The maximum absolute atomic E-state index is 11.7. The minimum Gasteiger partial charge on any atom is -0.449 e. The van der Waals surface area contributed by atoms with E-state index in [-0.39, 0.29) is 6.09 Å². The number of carbonyl (C=O) groups is 1. The van der Waals surface area contributed by atoms with Gasteiger partial charge in [0.1, 0.15) is 0 Å². The van der Waals surface area contributed by atoms with E-state index in [2.05, 4.69) is 4.90 Å². The predicted octanol–water partition coefficient (Wildman–Crippen LogP) is 1.14. The van der Waals surface area contributed by atoms with Crippen molar-refractivity contribution in [2.24, 2.45) is 11.7 Å². The quantitative estimate of drug-likeness (QED) is 0.725. The van der Waals surface area contributed by atoms with Crippen LogP contribution in [0.1, 0.15) is 26.7 Å². The molecule has 0 spiro atoms. The smallest absolute Gasteiger partial charge is 0.409 e. The molecule has 0 radical (unpaired) electrons. The molecule has 0 unspecified atom stereocenters. The van der Waals surface area contributed by atoms with Gasteiger partial charge in [-0.3, -0.25) is 4.90 Å². The number of carbonyl (C=O) groups excluding carboxylic acids is 1. The van der Waals surface area contributed by atoms with E-state index in [9.17, 15) is 4.79 Å². The van der Waals surface area contributed by atoms with Gasteiger partial charge in [0, 0.05) is 26.2 Å². The van der Waals surface area contributed by atoms with Crippen LogP contribution in [0, 0.1) is 5.92 Å². The largest absolute Gasteiger partial charge is 0.449 e. The Morgan fingerprint density at radius 1 is 1.22 bits per heavy atom. The molecule has 1 aliphatic rings. The monoisotopic (exact) mass is 257 g/mol. The van der Waals surface area contributed by atoms with Gasteiger partial charge in [-0.2, -0.15) is 0 Å². The van der Waals surface area contributed by atoms with Crippen molar-refractivity contribution in [3.05, 3.63) is 0 Å². The summed E-state index contributed by atoms with van der Waals surface area (Å²) in [5.74, 6) is 0.395. The maximum atomic E-state index is 11.7. The van der Waals surface area contributed by atoms with Gasteiger partial charge in [0.05, 0.1) is 6.61 Å². The summed E-state index contributed by atoms with van der Waals surface area (Å²) in [6.07, 6.45) is 2.07. The van der Waals surface area contributed by atoms with Gasteiger partial charge in [-0.05, 0) is 31.8 Å². The van der Waals surface area contributed by atoms with E-state index in [0.29, 0.717) is 12.5 Å². The summed E-state index contributed by atoms with van der Waals surface area (Å²) in [7, 11) is 0. The van der Waals surface area contributed by atoms with E-state index in [1.165, 1.54) is 0 Å². The van der Waals surface area contributed by atoms with Crippen molar-refractivity contribution in [1.82, 2.24) is 9.80 Å². The molecule has 5 heteroatoms. The molecule has 0 saturated carbocycles. The molecule has 0 aromatic heterocycles. The first-order valence-corrected chi connectivity index (χ1v) is 6.97. The molecule has 1 fully saturated rings. The Bertz CT molecular complexity index is 238. The van der Waals surface area contributed by atoms with Gasteiger partial charge in [-0.25, -0.2) is 4.79 Å². The molecule has 0 aliphatic carbocycles. The number of hydrogen-bond donors (Lipinski definition) is 1. The molecule has 2 N–H and O–H groups in total. The van der Waals surface area contributed by atoms with Gasteiger partial charge < -0.3 is 15.4 Å². The van der Waals surface area contributed by atoms with Gasteiger partial charge in [-0.15, -0.1) is 0 Å². The molecule has 1 saturated heterocycles. The van der Waals surface area contributed by atoms with E-state index in [4.69, 9.17) is 10.5 Å². The molecule has 1 heterocycles. The van der Waals surface area contributed by atoms with Crippen LogP contribution >= 0.6 is 0 Å². The Morgan fingerprint density at radius 2 is 1.89 bits per heavy atom. The molecule has 106 valence electrons. The number of ether oxygens (including phenoxy) is 1. The van der Waals surface area contributed by atoms with E-state index >= 15 is 0 Å². The van der Waals surface area contributed by atoms with E-state index in [1.54, 1.807) is 0 Å². The number of unbranched alkanes of at least 4 members (excludes halogenated alkanes) is 1. The van der Waals surface area contributed by atoms with Crippen LogP contribution in [-0.4, -0.2) is 61.8 Å². The lowest BCUT2D eigenvalue weighted by molar-refractivity contribution is 0.0688. The standard InChI is InChI=1S/C13H27N3O2/c1-12(2)11-18-13(17)16-9-7-15(8-10-16)6-4-3-5-14/h12H,3-11,14H2,1-2H3. The fourth-order valence-electron chi connectivity index (χ4n) is 1.96. The van der Waals surface area contributed by atoms with Crippen LogP contribution in [0.2, 0.25) is 0 Å². The molecule has 1 amide bonds. The van der Waals surface area contributed by atoms with E-state index in [0.717, 1.165) is 52.1 Å². The Kier molecular flexibility index (Phi) is 7.05. The summed E-state index contributed by atoms with van der Waals surface area (Å²) in [4.78, 5) is 15.9. The molecular formula is C13H27N3O2. The molecule has 18 heavy (non-hydrogen) atoms. The zero-order valence-electron chi connectivity index (χ0n) is 11.7. The SMILES string of the molecule is CC(C)COC(=O)N1CCN(CCCCN)CC1. The fraction of sp³-hybridized carbons (Fsp3) is 0.923. The highest BCUT2D eigenvalue weighted by Crippen LogP contribution is 2.06. The van der Waals surface area contributed by atoms with Gasteiger partial charge in [0.15, 0.2) is 0 Å². The second-order valence-electron chi connectivity index (χ2n) is 5.30. The van der Waals surface area contributed by atoms with Crippen molar-refractivity contribution in [3.8, 4) is 0 Å². The molecule has 0 aromatic rings. The zero-order chi connectivity index (χ0) is 13.4. The number of nitrogens with zero attached hydrogens (tertiary/aromatic N) is 2. The van der Waals surface area contributed by atoms with Gasteiger partial charge in [-0.1, -0.05) is 13.8 Å². The third-order valence-electron chi connectivity index (χ3n) is 3.10. The molecular weight excluding hydrogens is 230 g/mol. The summed E-state index contributed by atoms with van der Waals surface area (Å²) in [6, 6.07) is 0. The summed E-state index contributed by atoms with van der Waals surface area (Å²) in [5.41, 5.74) is 5.48. The van der Waals surface area contributed by atoms with Crippen molar-refractivity contribution in [1.29, 1.82) is 0 Å². The molecule has 5 nitrogen and oxygen atoms in total. The van der Waals surface area contributed by atoms with Gasteiger partial charge in [0.2, 0.25) is 0 Å². The summed E-state index contributed by atoms with van der Waals surface area (Å²) in [6.45, 7) is 9.90. The summed E-state index contributed by atoms with van der Waals surface area (Å²) in [5, 5.41) is 0. The highest BCUT2D eigenvalue weighted by Gasteiger charge is 2.21. The van der Waals surface area contributed by atoms with Crippen LogP contribution in [0.25, 0.3) is 0 Å². The zero-order valence-corrected chi connectivity index (χ0v) is 11.7. The lowest BCUT2D eigenvalue weighted by atomic mass is 10.2. The Hall–Kier alpha value is -0.810. The molecule has 1 aliphatic heterocycles. The highest BCUT2D eigenvalue weighted by molar-refractivity contribution is 5.67. The van der Waals surface area contributed by atoms with Gasteiger partial charge >= 0.3 is 6.09 Å². The third kappa shape index (κ3) is 5.69. The molecule has 0 bridgehead atoms. The van der Waals surface area contributed by atoms with Crippen LogP contribution in [0.3, 0.4) is 0 Å². The van der Waals surface area contributed by atoms with Gasteiger partial charge in [0.25, 0.3) is 0 Å². The number of piperazine rings is 1. The summed E-state index contributed by atoms with van der Waals surface area (Å²) >= 11 is 0. The predicted molar refractivity (Wildman–Crippen MR) is 72.5 cm³/mol. The van der Waals surface area contributed by atoms with Crippen molar-refractivity contribution < 1.29 is 9.53 Å². The minimum atomic E-state index is -0.162. The van der Waals surface area contributed by atoms with Crippen LogP contribution < -0.4 is 5.73 Å². The normalized spacial score (nSPS) is 17.2. The van der Waals surface area contributed by atoms with Crippen molar-refractivity contribution in [2.45, 2.75) is 26.7 Å². The fourth-order valence-corrected chi connectivity index (χ4v) is 1.96. The summed E-state index contributed by atoms with van der Waals surface area (Å²) < 4.78 is 5.23. The lowest BCUT2D eigenvalue weighted by Crippen LogP contribution is -2.49. The van der Waals surface area contributed by atoms with E-state index in [1.807, 2.05) is 18.7 Å². The average molecular weight is 257 g/mol. The lowest BCUT2D eigenvalue weighted by Gasteiger charge is -2.34. The van der Waals surface area contributed by atoms with Crippen molar-refractivity contribution in [2.75, 3.05) is 45.9 Å². The molecule has 1 rings (SSSR count). The average Bonchev–Trinajstić information content (AvgIpc) is 2.37. The first-order chi connectivity index (χ1) is 8.63. The second-order valence-corrected chi connectivity index (χ2v) is 5.30. The maximum Gasteiger partial charge on any atom is 0.409 e. The van der Waals surface area contributed by atoms with Crippen LogP contribution in [-0.2, 0) is 4.74 Å².